The number of hydrogen-bond acceptors (Lipinski definition) is 4. The van der Waals surface area contributed by atoms with E-state index in [2.05, 4.69) is 15.0 Å². The zero-order chi connectivity index (χ0) is 6.81. The molecule has 0 bridgehead atoms. The highest BCUT2D eigenvalue weighted by Gasteiger charge is 1.99. The fraction of sp³-hybridized carbons (Fsp3) is 0. The van der Waals surface area contributed by atoms with Gasteiger partial charge in [0, 0.05) is 10.9 Å². The maximum atomic E-state index is 3.90. The van der Waals surface area contributed by atoms with Gasteiger partial charge in [0.15, 0.2) is 0 Å². The summed E-state index contributed by atoms with van der Waals surface area (Å²) in [6, 6.07) is 1.99. The summed E-state index contributed by atoms with van der Waals surface area (Å²) in [5.41, 5.74) is 1.96. The van der Waals surface area contributed by atoms with Crippen LogP contribution in [-0.2, 0) is 0 Å². The van der Waals surface area contributed by atoms with Crippen LogP contribution in [0.3, 0.4) is 0 Å². The fourth-order valence-corrected chi connectivity index (χ4v) is 1.68. The van der Waals surface area contributed by atoms with Crippen LogP contribution in [0, 0.1) is 5.38 Å². The molecule has 0 spiro atoms. The molecule has 0 aromatic carbocycles. The van der Waals surface area contributed by atoms with Crippen molar-refractivity contribution in [2.24, 2.45) is 0 Å². The number of aromatic nitrogens is 2. The van der Waals surface area contributed by atoms with Crippen molar-refractivity contribution in [3.05, 3.63) is 22.2 Å². The summed E-state index contributed by atoms with van der Waals surface area (Å²) in [4.78, 5) is 0. The van der Waals surface area contributed by atoms with Crippen LogP contribution >= 0.6 is 22.9 Å². The summed E-state index contributed by atoms with van der Waals surface area (Å²) >= 11 is 2.91. The Kier molecular flexibility index (Phi) is 1.49. The molecular weight excluding hydrogens is 164 g/mol. The van der Waals surface area contributed by atoms with E-state index in [-0.39, 0.29) is 0 Å². The number of thiophene rings is 1. The minimum Gasteiger partial charge on any atom is -0.142 e. The predicted molar refractivity (Wildman–Crippen MR) is 42.1 cm³/mol. The fourth-order valence-electron chi connectivity index (χ4n) is 0.653. The molecule has 10 heavy (non-hydrogen) atoms. The van der Waals surface area contributed by atoms with Gasteiger partial charge in [0.05, 0.1) is 5.38 Å². The molecule has 0 amide bonds. The first-order chi connectivity index (χ1) is 4.97. The second-order valence-corrected chi connectivity index (χ2v) is 3.05. The monoisotopic (exact) mass is 167 g/mol. The highest BCUT2D eigenvalue weighted by molar-refractivity contribution is 7.07. The van der Waals surface area contributed by atoms with Crippen molar-refractivity contribution in [2.45, 2.75) is 0 Å². The van der Waals surface area contributed by atoms with Gasteiger partial charge in [-0.3, -0.25) is 0 Å². The molecule has 0 saturated carbocycles. The highest BCUT2D eigenvalue weighted by atomic mass is 32.1. The summed E-state index contributed by atoms with van der Waals surface area (Å²) < 4.78 is 3.75. The molecule has 0 unspecified atom stereocenters. The van der Waals surface area contributed by atoms with Crippen molar-refractivity contribution >= 4 is 22.9 Å². The lowest BCUT2D eigenvalue weighted by atomic mass is 10.3. The third-order valence-electron chi connectivity index (χ3n) is 1.11. The Hall–Kier alpha value is -0.740. The maximum Gasteiger partial charge on any atom is 0.107 e. The Morgan fingerprint density at radius 2 is 2.50 bits per heavy atom. The second kappa shape index (κ2) is 2.48. The van der Waals surface area contributed by atoms with E-state index in [9.17, 15) is 0 Å². The normalized spacial score (nSPS) is 10.0. The van der Waals surface area contributed by atoms with Crippen LogP contribution in [-0.4, -0.2) is 9.59 Å². The molecule has 0 aliphatic rings. The van der Waals surface area contributed by atoms with Crippen molar-refractivity contribution in [1.29, 1.82) is 0 Å². The summed E-state index contributed by atoms with van der Waals surface area (Å²) in [7, 11) is 0. The van der Waals surface area contributed by atoms with E-state index < -0.39 is 0 Å². The lowest BCUT2D eigenvalue weighted by Crippen LogP contribution is -1.71. The van der Waals surface area contributed by atoms with Crippen LogP contribution in [0.2, 0.25) is 0 Å². The van der Waals surface area contributed by atoms with Crippen molar-refractivity contribution in [3.63, 3.8) is 0 Å². The Balaban J connectivity index is 2.48. The largest absolute Gasteiger partial charge is 0.142 e. The zero-order valence-corrected chi connectivity index (χ0v) is 6.58. The van der Waals surface area contributed by atoms with Crippen molar-refractivity contribution < 1.29 is 0 Å². The average Bonchev–Trinajstić information content (AvgIpc) is 2.59. The Morgan fingerprint density at radius 3 is 3.10 bits per heavy atom. The van der Waals surface area contributed by atoms with E-state index in [1.807, 2.05) is 16.8 Å². The molecule has 0 saturated heterocycles. The van der Waals surface area contributed by atoms with Gasteiger partial charge >= 0.3 is 0 Å². The van der Waals surface area contributed by atoms with E-state index in [1.165, 1.54) is 11.5 Å². The number of nitrogens with zero attached hydrogens (tertiary/aromatic N) is 2. The molecule has 0 N–H and O–H groups in total. The molecule has 49 valence electrons. The third kappa shape index (κ3) is 0.955. The van der Waals surface area contributed by atoms with Crippen molar-refractivity contribution in [2.75, 3.05) is 0 Å². The van der Waals surface area contributed by atoms with E-state index in [0.717, 1.165) is 11.3 Å². The quantitative estimate of drug-likeness (QED) is 0.649. The van der Waals surface area contributed by atoms with Gasteiger partial charge in [0.25, 0.3) is 0 Å². The van der Waals surface area contributed by atoms with Crippen molar-refractivity contribution in [1.82, 2.24) is 9.59 Å². The van der Waals surface area contributed by atoms with Crippen LogP contribution in [0.25, 0.3) is 11.3 Å². The first-order valence-corrected chi connectivity index (χ1v) is 4.41. The molecule has 0 atom stereocenters. The second-order valence-electron chi connectivity index (χ2n) is 1.73. The van der Waals surface area contributed by atoms with Gasteiger partial charge in [-0.05, 0) is 23.0 Å². The van der Waals surface area contributed by atoms with Gasteiger partial charge in [-0.25, -0.2) is 0 Å². The van der Waals surface area contributed by atoms with Crippen LogP contribution < -0.4 is 0 Å². The molecule has 1 radical (unpaired) electrons. The SMILES string of the molecule is [c]1sccc1-c1csnn1. The minimum absolute atomic E-state index is 0.922. The summed E-state index contributed by atoms with van der Waals surface area (Å²) in [6.07, 6.45) is 0. The number of hydrogen-bond donors (Lipinski definition) is 0. The standard InChI is InChI=1S/C6H3N2S2/c1-2-9-3-5(1)6-4-10-8-7-6/h1-2,4H. The Labute approximate surface area is 66.3 Å². The van der Waals surface area contributed by atoms with Crippen LogP contribution in [0.4, 0.5) is 0 Å². The van der Waals surface area contributed by atoms with Gasteiger partial charge in [-0.2, -0.15) is 0 Å². The summed E-state index contributed by atoms with van der Waals surface area (Å²) in [5, 5.41) is 10.9. The smallest absolute Gasteiger partial charge is 0.107 e. The molecule has 0 aliphatic heterocycles. The Morgan fingerprint density at radius 1 is 1.50 bits per heavy atom. The summed E-state index contributed by atoms with van der Waals surface area (Å²) in [5.74, 6) is 0. The molecule has 2 nitrogen and oxygen atoms in total. The van der Waals surface area contributed by atoms with Crippen LogP contribution in [0.5, 0.6) is 0 Å². The summed E-state index contributed by atoms with van der Waals surface area (Å²) in [6.45, 7) is 0. The van der Waals surface area contributed by atoms with Gasteiger partial charge in [0.1, 0.15) is 5.69 Å². The first kappa shape index (κ1) is 6.00. The molecule has 2 aromatic heterocycles. The number of rotatable bonds is 1. The third-order valence-corrected chi connectivity index (χ3v) is 2.22. The molecule has 2 aromatic rings. The Bertz CT molecular complexity index is 253. The minimum atomic E-state index is 0.922. The zero-order valence-electron chi connectivity index (χ0n) is 4.94. The van der Waals surface area contributed by atoms with Gasteiger partial charge in [-0.1, -0.05) is 4.49 Å². The van der Waals surface area contributed by atoms with Crippen molar-refractivity contribution in [3.8, 4) is 11.3 Å². The van der Waals surface area contributed by atoms with Crippen LogP contribution in [0.1, 0.15) is 0 Å². The van der Waals surface area contributed by atoms with E-state index in [4.69, 9.17) is 0 Å². The lowest BCUT2D eigenvalue weighted by molar-refractivity contribution is 1.16. The van der Waals surface area contributed by atoms with E-state index in [1.54, 1.807) is 11.3 Å². The van der Waals surface area contributed by atoms with Gasteiger partial charge < -0.3 is 0 Å². The van der Waals surface area contributed by atoms with E-state index >= 15 is 0 Å². The lowest BCUT2D eigenvalue weighted by Gasteiger charge is -1.81. The predicted octanol–water partition coefficient (Wildman–Crippen LogP) is 2.07. The van der Waals surface area contributed by atoms with Crippen LogP contribution in [0.15, 0.2) is 16.8 Å². The topological polar surface area (TPSA) is 25.8 Å². The molecular formula is C6H3N2S2. The highest BCUT2D eigenvalue weighted by Crippen LogP contribution is 2.18. The molecule has 2 rings (SSSR count). The average molecular weight is 167 g/mol. The molecule has 4 heteroatoms. The maximum absolute atomic E-state index is 3.90. The molecule has 2 heterocycles. The van der Waals surface area contributed by atoms with E-state index in [0.29, 0.717) is 0 Å². The molecule has 0 aliphatic carbocycles. The molecule has 0 fully saturated rings. The van der Waals surface area contributed by atoms with Gasteiger partial charge in [-0.15, -0.1) is 16.4 Å². The first-order valence-electron chi connectivity index (χ1n) is 2.69. The van der Waals surface area contributed by atoms with Gasteiger partial charge in [0.2, 0.25) is 0 Å².